The molecule has 1 heterocycles. The maximum absolute atomic E-state index is 12.7. The van der Waals surface area contributed by atoms with E-state index in [1.54, 1.807) is 30.3 Å². The minimum absolute atomic E-state index is 0.217. The van der Waals surface area contributed by atoms with Gasteiger partial charge in [-0.2, -0.15) is 0 Å². The second-order valence-electron chi connectivity index (χ2n) is 3.14. The third kappa shape index (κ3) is 1.39. The van der Waals surface area contributed by atoms with E-state index in [-0.39, 0.29) is 11.7 Å². The summed E-state index contributed by atoms with van der Waals surface area (Å²) in [6.07, 6.45) is 1.70. The monoisotopic (exact) mass is 194 g/mol. The van der Waals surface area contributed by atoms with Crippen molar-refractivity contribution in [1.29, 1.82) is 0 Å². The van der Waals surface area contributed by atoms with Gasteiger partial charge in [0.2, 0.25) is 5.88 Å². The summed E-state index contributed by atoms with van der Waals surface area (Å²) in [7, 11) is 1.75. The second-order valence-corrected chi connectivity index (χ2v) is 3.14. The van der Waals surface area contributed by atoms with Crippen LogP contribution < -0.4 is 5.01 Å². The number of halogens is 1. The summed E-state index contributed by atoms with van der Waals surface area (Å²) >= 11 is 0. The maximum atomic E-state index is 12.7. The highest BCUT2D eigenvalue weighted by Gasteiger charge is 2.19. The number of aliphatic hydroxyl groups excluding tert-OH is 1. The highest BCUT2D eigenvalue weighted by molar-refractivity contribution is 5.47. The fourth-order valence-corrected chi connectivity index (χ4v) is 1.44. The zero-order chi connectivity index (χ0) is 10.1. The SMILES string of the molecule is CN1C(O)=CCN1c1ccc(F)cc1. The Bertz CT molecular complexity index is 361. The van der Waals surface area contributed by atoms with Gasteiger partial charge in [0.05, 0.1) is 12.2 Å². The van der Waals surface area contributed by atoms with Crippen LogP contribution in [0, 0.1) is 5.82 Å². The number of nitrogens with zero attached hydrogens (tertiary/aromatic N) is 2. The third-order valence-corrected chi connectivity index (χ3v) is 2.27. The fourth-order valence-electron chi connectivity index (χ4n) is 1.44. The molecule has 14 heavy (non-hydrogen) atoms. The molecule has 74 valence electrons. The number of benzene rings is 1. The molecule has 0 radical (unpaired) electrons. The van der Waals surface area contributed by atoms with Crippen molar-refractivity contribution in [2.24, 2.45) is 0 Å². The van der Waals surface area contributed by atoms with Gasteiger partial charge in [-0.1, -0.05) is 0 Å². The highest BCUT2D eigenvalue weighted by Crippen LogP contribution is 2.21. The van der Waals surface area contributed by atoms with Crippen LogP contribution in [0.15, 0.2) is 36.2 Å². The Labute approximate surface area is 81.6 Å². The molecule has 1 N–H and O–H groups in total. The van der Waals surface area contributed by atoms with Gasteiger partial charge in [0.15, 0.2) is 0 Å². The van der Waals surface area contributed by atoms with Gasteiger partial charge < -0.3 is 5.11 Å². The lowest BCUT2D eigenvalue weighted by Gasteiger charge is -2.28. The topological polar surface area (TPSA) is 26.7 Å². The molecule has 3 nitrogen and oxygen atoms in total. The summed E-state index contributed by atoms with van der Waals surface area (Å²) in [5.41, 5.74) is 0.856. The van der Waals surface area contributed by atoms with Crippen LogP contribution in [-0.2, 0) is 0 Å². The van der Waals surface area contributed by atoms with Crippen LogP contribution in [0.3, 0.4) is 0 Å². The second kappa shape index (κ2) is 3.21. The minimum Gasteiger partial charge on any atom is -0.494 e. The summed E-state index contributed by atoms with van der Waals surface area (Å²) in [6, 6.07) is 6.16. The molecule has 0 saturated heterocycles. The number of hydrogen-bond donors (Lipinski definition) is 1. The first-order valence-electron chi connectivity index (χ1n) is 4.34. The Morgan fingerprint density at radius 1 is 1.29 bits per heavy atom. The Balaban J connectivity index is 2.22. The van der Waals surface area contributed by atoms with Crippen LogP contribution >= 0.6 is 0 Å². The van der Waals surface area contributed by atoms with E-state index in [1.165, 1.54) is 12.1 Å². The van der Waals surface area contributed by atoms with Crippen molar-refractivity contribution in [3.63, 3.8) is 0 Å². The molecule has 0 bridgehead atoms. The van der Waals surface area contributed by atoms with E-state index < -0.39 is 0 Å². The molecule has 1 aliphatic heterocycles. The first-order valence-corrected chi connectivity index (χ1v) is 4.34. The van der Waals surface area contributed by atoms with Gasteiger partial charge in [0.25, 0.3) is 0 Å². The van der Waals surface area contributed by atoms with Crippen LogP contribution in [0.4, 0.5) is 10.1 Å². The molecule has 2 rings (SSSR count). The van der Waals surface area contributed by atoms with Gasteiger partial charge in [-0.25, -0.2) is 4.39 Å². The van der Waals surface area contributed by atoms with Gasteiger partial charge in [-0.15, -0.1) is 0 Å². The standard InChI is InChI=1S/C10H11FN2O/c1-12-10(14)6-7-13(12)9-4-2-8(11)3-5-9/h2-6,14H,7H2,1H3. The predicted molar refractivity (Wildman–Crippen MR) is 52.2 cm³/mol. The van der Waals surface area contributed by atoms with E-state index in [9.17, 15) is 9.50 Å². The van der Waals surface area contributed by atoms with Crippen LogP contribution in [-0.4, -0.2) is 23.7 Å². The fraction of sp³-hybridized carbons (Fsp3) is 0.200. The van der Waals surface area contributed by atoms with Crippen molar-refractivity contribution in [2.75, 3.05) is 18.6 Å². The maximum Gasteiger partial charge on any atom is 0.203 e. The first kappa shape index (κ1) is 8.87. The minimum atomic E-state index is -0.257. The number of hydrogen-bond acceptors (Lipinski definition) is 3. The molecule has 0 amide bonds. The van der Waals surface area contributed by atoms with E-state index in [0.29, 0.717) is 6.54 Å². The molecular formula is C10H11FN2O. The van der Waals surface area contributed by atoms with Crippen molar-refractivity contribution in [2.45, 2.75) is 0 Å². The molecule has 1 aliphatic rings. The molecule has 0 spiro atoms. The Morgan fingerprint density at radius 3 is 2.43 bits per heavy atom. The lowest BCUT2D eigenvalue weighted by Crippen LogP contribution is -2.34. The molecule has 0 atom stereocenters. The molecule has 0 aliphatic carbocycles. The van der Waals surface area contributed by atoms with Crippen LogP contribution in [0.1, 0.15) is 0 Å². The van der Waals surface area contributed by atoms with E-state index in [0.717, 1.165) is 5.69 Å². The Kier molecular flexibility index (Phi) is 2.04. The number of hydrazine groups is 1. The van der Waals surface area contributed by atoms with Gasteiger partial charge in [-0.05, 0) is 30.3 Å². The van der Waals surface area contributed by atoms with E-state index in [1.807, 2.05) is 5.01 Å². The molecule has 1 aromatic carbocycles. The summed E-state index contributed by atoms with van der Waals surface area (Å²) in [4.78, 5) is 0. The Hall–Kier alpha value is -1.71. The van der Waals surface area contributed by atoms with E-state index in [2.05, 4.69) is 0 Å². The molecule has 0 unspecified atom stereocenters. The lowest BCUT2D eigenvalue weighted by molar-refractivity contribution is 0.242. The van der Waals surface area contributed by atoms with Crippen LogP contribution in [0.25, 0.3) is 0 Å². The molecule has 4 heteroatoms. The zero-order valence-electron chi connectivity index (χ0n) is 7.81. The van der Waals surface area contributed by atoms with Crippen molar-refractivity contribution in [3.05, 3.63) is 42.0 Å². The summed E-state index contributed by atoms with van der Waals surface area (Å²) in [5.74, 6) is -0.0397. The van der Waals surface area contributed by atoms with Crippen molar-refractivity contribution in [1.82, 2.24) is 5.01 Å². The summed E-state index contributed by atoms with van der Waals surface area (Å²) in [6.45, 7) is 0.605. The third-order valence-electron chi connectivity index (χ3n) is 2.27. The summed E-state index contributed by atoms with van der Waals surface area (Å²) in [5, 5.41) is 12.8. The zero-order valence-corrected chi connectivity index (χ0v) is 7.81. The molecule has 1 aromatic rings. The normalized spacial score (nSPS) is 16.0. The largest absolute Gasteiger partial charge is 0.494 e. The average molecular weight is 194 g/mol. The number of rotatable bonds is 1. The smallest absolute Gasteiger partial charge is 0.203 e. The lowest BCUT2D eigenvalue weighted by atomic mass is 10.3. The van der Waals surface area contributed by atoms with Gasteiger partial charge in [-0.3, -0.25) is 10.0 Å². The predicted octanol–water partition coefficient (Wildman–Crippen LogP) is 1.89. The number of anilines is 1. The molecular weight excluding hydrogens is 183 g/mol. The molecule has 0 fully saturated rings. The quantitative estimate of drug-likeness (QED) is 0.739. The van der Waals surface area contributed by atoms with Crippen LogP contribution in [0.2, 0.25) is 0 Å². The van der Waals surface area contributed by atoms with Crippen molar-refractivity contribution in [3.8, 4) is 0 Å². The van der Waals surface area contributed by atoms with Crippen LogP contribution in [0.5, 0.6) is 0 Å². The van der Waals surface area contributed by atoms with Gasteiger partial charge in [0, 0.05) is 7.05 Å². The Morgan fingerprint density at radius 2 is 1.93 bits per heavy atom. The van der Waals surface area contributed by atoms with Crippen molar-refractivity contribution < 1.29 is 9.50 Å². The number of aliphatic hydroxyl groups is 1. The first-order chi connectivity index (χ1) is 6.68. The van der Waals surface area contributed by atoms with E-state index in [4.69, 9.17) is 0 Å². The average Bonchev–Trinajstić information content (AvgIpc) is 2.50. The molecule has 0 aromatic heterocycles. The van der Waals surface area contributed by atoms with Gasteiger partial charge in [0.1, 0.15) is 5.82 Å². The van der Waals surface area contributed by atoms with Crippen molar-refractivity contribution >= 4 is 5.69 Å². The van der Waals surface area contributed by atoms with E-state index >= 15 is 0 Å². The molecule has 0 saturated carbocycles. The summed E-state index contributed by atoms with van der Waals surface area (Å²) < 4.78 is 12.7. The highest BCUT2D eigenvalue weighted by atomic mass is 19.1. The van der Waals surface area contributed by atoms with Gasteiger partial charge >= 0.3 is 0 Å².